The first kappa shape index (κ1) is 17.5. The molecule has 1 fully saturated rings. The second-order valence-corrected chi connectivity index (χ2v) is 6.55. The van der Waals surface area contributed by atoms with Gasteiger partial charge in [-0.25, -0.2) is 0 Å². The first-order chi connectivity index (χ1) is 12.9. The lowest BCUT2D eigenvalue weighted by molar-refractivity contribution is -0.137. The molecule has 1 amide bonds. The van der Waals surface area contributed by atoms with E-state index in [-0.39, 0.29) is 5.69 Å². The standard InChI is InChI=1S/C20H17F3N2O2/c21-20(22,23)15-4-5-17(25-8-1-2-9-25)16(12-15)24-19(26)14-3-6-18-13(11-14)7-10-27-18/h3-7,10-12H,1-2,8-9H2,(H,24,26). The topological polar surface area (TPSA) is 45.5 Å². The Hall–Kier alpha value is -2.96. The maximum absolute atomic E-state index is 13.1. The average molecular weight is 374 g/mol. The molecule has 1 N–H and O–H groups in total. The predicted octanol–water partition coefficient (Wildman–Crippen LogP) is 5.30. The Bertz CT molecular complexity index is 988. The predicted molar refractivity (Wildman–Crippen MR) is 97.1 cm³/mol. The zero-order valence-corrected chi connectivity index (χ0v) is 14.3. The van der Waals surface area contributed by atoms with Gasteiger partial charge in [0.1, 0.15) is 5.58 Å². The summed E-state index contributed by atoms with van der Waals surface area (Å²) in [7, 11) is 0. The Balaban J connectivity index is 1.68. The molecule has 0 aliphatic carbocycles. The van der Waals surface area contributed by atoms with Crippen LogP contribution in [0, 0.1) is 0 Å². The molecule has 3 aromatic rings. The van der Waals surface area contributed by atoms with Crippen LogP contribution >= 0.6 is 0 Å². The van der Waals surface area contributed by atoms with Gasteiger partial charge < -0.3 is 14.6 Å². The van der Waals surface area contributed by atoms with Crippen molar-refractivity contribution < 1.29 is 22.4 Å². The van der Waals surface area contributed by atoms with Gasteiger partial charge in [-0.05, 0) is 55.3 Å². The van der Waals surface area contributed by atoms with Crippen molar-refractivity contribution in [3.8, 4) is 0 Å². The van der Waals surface area contributed by atoms with Crippen molar-refractivity contribution >= 4 is 28.3 Å². The Morgan fingerprint density at radius 3 is 2.56 bits per heavy atom. The molecule has 1 saturated heterocycles. The number of hydrogen-bond donors (Lipinski definition) is 1. The number of anilines is 2. The van der Waals surface area contributed by atoms with Crippen LogP contribution in [0.3, 0.4) is 0 Å². The van der Waals surface area contributed by atoms with Crippen molar-refractivity contribution in [3.63, 3.8) is 0 Å². The molecule has 1 aliphatic rings. The second-order valence-electron chi connectivity index (χ2n) is 6.55. The molecule has 1 aromatic heterocycles. The van der Waals surface area contributed by atoms with E-state index in [1.165, 1.54) is 12.3 Å². The fraction of sp³-hybridized carbons (Fsp3) is 0.250. The molecule has 140 valence electrons. The number of carbonyl (C=O) groups excluding carboxylic acids is 1. The summed E-state index contributed by atoms with van der Waals surface area (Å²) in [6.07, 6.45) is -1.000. The van der Waals surface area contributed by atoms with Gasteiger partial charge in [0.2, 0.25) is 0 Å². The van der Waals surface area contributed by atoms with Gasteiger partial charge in [-0.1, -0.05) is 0 Å². The Morgan fingerprint density at radius 2 is 1.81 bits per heavy atom. The lowest BCUT2D eigenvalue weighted by atomic mass is 10.1. The number of nitrogens with zero attached hydrogens (tertiary/aromatic N) is 1. The van der Waals surface area contributed by atoms with E-state index in [0.717, 1.165) is 43.5 Å². The van der Waals surface area contributed by atoms with Gasteiger partial charge in [-0.15, -0.1) is 0 Å². The molecule has 2 heterocycles. The maximum atomic E-state index is 13.1. The normalized spacial score (nSPS) is 14.7. The summed E-state index contributed by atoms with van der Waals surface area (Å²) in [5.74, 6) is -0.460. The first-order valence-electron chi connectivity index (χ1n) is 8.67. The van der Waals surface area contributed by atoms with Gasteiger partial charge >= 0.3 is 6.18 Å². The van der Waals surface area contributed by atoms with Crippen molar-refractivity contribution in [1.82, 2.24) is 0 Å². The Kier molecular flexibility index (Phi) is 4.30. The summed E-state index contributed by atoms with van der Waals surface area (Å²) in [4.78, 5) is 14.7. The first-order valence-corrected chi connectivity index (χ1v) is 8.67. The minimum atomic E-state index is -4.47. The lowest BCUT2D eigenvalue weighted by Crippen LogP contribution is -2.22. The van der Waals surface area contributed by atoms with E-state index < -0.39 is 17.6 Å². The fourth-order valence-electron chi connectivity index (χ4n) is 3.35. The molecule has 2 aromatic carbocycles. The number of benzene rings is 2. The van der Waals surface area contributed by atoms with E-state index >= 15 is 0 Å². The van der Waals surface area contributed by atoms with Crippen LogP contribution in [-0.2, 0) is 6.18 Å². The number of fused-ring (bicyclic) bond motifs is 1. The average Bonchev–Trinajstić information content (AvgIpc) is 3.32. The Morgan fingerprint density at radius 1 is 1.04 bits per heavy atom. The summed E-state index contributed by atoms with van der Waals surface area (Å²) in [6, 6.07) is 10.1. The van der Waals surface area contributed by atoms with E-state index in [9.17, 15) is 18.0 Å². The summed E-state index contributed by atoms with van der Waals surface area (Å²) in [5, 5.41) is 3.42. The largest absolute Gasteiger partial charge is 0.464 e. The number of carbonyl (C=O) groups is 1. The van der Waals surface area contributed by atoms with Crippen LogP contribution in [0.4, 0.5) is 24.5 Å². The van der Waals surface area contributed by atoms with Crippen molar-refractivity contribution in [3.05, 3.63) is 59.9 Å². The SMILES string of the molecule is O=C(Nc1cc(C(F)(F)F)ccc1N1CCCC1)c1ccc2occc2c1. The van der Waals surface area contributed by atoms with Crippen molar-refractivity contribution in [2.75, 3.05) is 23.3 Å². The van der Waals surface area contributed by atoms with E-state index in [1.54, 1.807) is 24.3 Å². The third kappa shape index (κ3) is 3.49. The minimum Gasteiger partial charge on any atom is -0.464 e. The van der Waals surface area contributed by atoms with E-state index in [2.05, 4.69) is 5.32 Å². The highest BCUT2D eigenvalue weighted by molar-refractivity contribution is 6.07. The van der Waals surface area contributed by atoms with Crippen molar-refractivity contribution in [2.45, 2.75) is 19.0 Å². The molecule has 0 atom stereocenters. The highest BCUT2D eigenvalue weighted by atomic mass is 19.4. The number of rotatable bonds is 3. The zero-order valence-electron chi connectivity index (χ0n) is 14.3. The molecule has 0 radical (unpaired) electrons. The lowest BCUT2D eigenvalue weighted by Gasteiger charge is -2.23. The third-order valence-corrected chi connectivity index (χ3v) is 4.73. The Labute approximate surface area is 153 Å². The smallest absolute Gasteiger partial charge is 0.416 e. The van der Waals surface area contributed by atoms with Crippen LogP contribution in [0.1, 0.15) is 28.8 Å². The van der Waals surface area contributed by atoms with E-state index in [0.29, 0.717) is 16.8 Å². The number of alkyl halides is 3. The number of nitrogens with one attached hydrogen (secondary N) is 1. The van der Waals surface area contributed by atoms with E-state index in [4.69, 9.17) is 4.42 Å². The zero-order chi connectivity index (χ0) is 19.0. The molecule has 0 saturated carbocycles. The molecular formula is C20H17F3N2O2. The van der Waals surface area contributed by atoms with Crippen LogP contribution in [-0.4, -0.2) is 19.0 Å². The number of hydrogen-bond acceptors (Lipinski definition) is 3. The second kappa shape index (κ2) is 6.64. The fourth-order valence-corrected chi connectivity index (χ4v) is 3.35. The van der Waals surface area contributed by atoms with Crippen LogP contribution in [0.2, 0.25) is 0 Å². The van der Waals surface area contributed by atoms with Gasteiger partial charge in [0.25, 0.3) is 5.91 Å². The summed E-state index contributed by atoms with van der Waals surface area (Å²) in [5.41, 5.74) is 0.991. The van der Waals surface area contributed by atoms with Gasteiger partial charge in [0, 0.05) is 24.0 Å². The molecule has 1 aliphatic heterocycles. The molecule has 0 unspecified atom stereocenters. The quantitative estimate of drug-likeness (QED) is 0.676. The molecule has 7 heteroatoms. The summed E-state index contributed by atoms with van der Waals surface area (Å²) in [6.45, 7) is 1.52. The minimum absolute atomic E-state index is 0.170. The maximum Gasteiger partial charge on any atom is 0.416 e. The van der Waals surface area contributed by atoms with Crippen LogP contribution in [0.5, 0.6) is 0 Å². The third-order valence-electron chi connectivity index (χ3n) is 4.73. The van der Waals surface area contributed by atoms with Crippen molar-refractivity contribution in [2.24, 2.45) is 0 Å². The van der Waals surface area contributed by atoms with Gasteiger partial charge in [-0.3, -0.25) is 4.79 Å². The molecule has 4 rings (SSSR count). The number of halogens is 3. The summed E-state index contributed by atoms with van der Waals surface area (Å²) >= 11 is 0. The molecule has 27 heavy (non-hydrogen) atoms. The monoisotopic (exact) mass is 374 g/mol. The molecular weight excluding hydrogens is 357 g/mol. The molecule has 0 spiro atoms. The highest BCUT2D eigenvalue weighted by Gasteiger charge is 2.32. The molecule has 4 nitrogen and oxygen atoms in total. The highest BCUT2D eigenvalue weighted by Crippen LogP contribution is 2.36. The van der Waals surface area contributed by atoms with Crippen LogP contribution < -0.4 is 10.2 Å². The van der Waals surface area contributed by atoms with Gasteiger partial charge in [-0.2, -0.15) is 13.2 Å². The van der Waals surface area contributed by atoms with Gasteiger partial charge in [0.05, 0.1) is 23.2 Å². The van der Waals surface area contributed by atoms with Crippen LogP contribution in [0.25, 0.3) is 11.0 Å². The number of amides is 1. The molecule has 0 bridgehead atoms. The van der Waals surface area contributed by atoms with E-state index in [1.807, 2.05) is 4.90 Å². The van der Waals surface area contributed by atoms with Crippen LogP contribution in [0.15, 0.2) is 53.1 Å². The number of furan rings is 1. The van der Waals surface area contributed by atoms with Gasteiger partial charge in [0.15, 0.2) is 0 Å². The summed E-state index contributed by atoms with van der Waals surface area (Å²) < 4.78 is 44.7. The van der Waals surface area contributed by atoms with Crippen molar-refractivity contribution in [1.29, 1.82) is 0 Å².